The summed E-state index contributed by atoms with van der Waals surface area (Å²) in [5.74, 6) is -0.678. The van der Waals surface area contributed by atoms with Gasteiger partial charge in [0.25, 0.3) is 16.0 Å². The van der Waals surface area contributed by atoms with Crippen molar-refractivity contribution in [1.82, 2.24) is 4.57 Å². The number of aryl methyl sites for hydroxylation is 1. The molecule has 8 nitrogen and oxygen atoms in total. The topological polar surface area (TPSA) is 141 Å². The Morgan fingerprint density at radius 1 is 1.11 bits per heavy atom. The van der Waals surface area contributed by atoms with E-state index in [1.165, 1.54) is 0 Å². The van der Waals surface area contributed by atoms with Crippen LogP contribution >= 0.6 is 0 Å². The second kappa shape index (κ2) is 8.02. The summed E-state index contributed by atoms with van der Waals surface area (Å²) in [6, 6.07) is 15.5. The van der Waals surface area contributed by atoms with E-state index in [2.05, 4.69) is 21.7 Å². The highest BCUT2D eigenvalue weighted by molar-refractivity contribution is 7.85. The van der Waals surface area contributed by atoms with E-state index in [4.69, 9.17) is 16.0 Å². The summed E-state index contributed by atoms with van der Waals surface area (Å²) in [5.41, 5.74) is 14.1. The summed E-state index contributed by atoms with van der Waals surface area (Å²) in [5, 5.41) is 1.14. The smallest absolute Gasteiger partial charge is 0.280 e. The molecule has 0 saturated heterocycles. The quantitative estimate of drug-likeness (QED) is 0.347. The van der Waals surface area contributed by atoms with E-state index >= 15 is 0 Å². The van der Waals surface area contributed by atoms with Crippen molar-refractivity contribution in [1.29, 1.82) is 0 Å². The number of rotatable bonds is 2. The highest BCUT2D eigenvalue weighted by Crippen LogP contribution is 2.29. The van der Waals surface area contributed by atoms with Gasteiger partial charge < -0.3 is 16.0 Å². The van der Waals surface area contributed by atoms with Gasteiger partial charge >= 0.3 is 0 Å². The molecule has 1 aromatic heterocycles. The third-order valence-corrected chi connectivity index (χ3v) is 3.58. The molecule has 1 heterocycles. The first-order chi connectivity index (χ1) is 12.6. The predicted octanol–water partition coefficient (Wildman–Crippen LogP) is 1.76. The molecule has 2 aromatic carbocycles. The number of nitrogens with zero attached hydrogens (tertiary/aromatic N) is 2. The normalized spacial score (nSPS) is 10.8. The van der Waals surface area contributed by atoms with Crippen molar-refractivity contribution in [3.63, 3.8) is 0 Å². The van der Waals surface area contributed by atoms with Crippen molar-refractivity contribution >= 4 is 32.9 Å². The van der Waals surface area contributed by atoms with Gasteiger partial charge in [-0.2, -0.15) is 13.4 Å². The minimum atomic E-state index is -3.67. The molecule has 3 aromatic rings. The standard InChI is InChI=1S/C17H16N4O.CH4O3S/c1-21-9-8-14-13(6-3-7-15(14)21)11-4-2-5-12(10-11)16(22)20-17(18)19;1-5(2,3)4/h2-10H,1H3,(H4,18,19,20,22);1H3,(H,2,3,4). The molecule has 142 valence electrons. The minimum absolute atomic E-state index is 0.236. The van der Waals surface area contributed by atoms with Gasteiger partial charge in [-0.1, -0.05) is 24.3 Å². The van der Waals surface area contributed by atoms with Crippen LogP contribution in [0.15, 0.2) is 59.7 Å². The maximum atomic E-state index is 12.0. The number of aliphatic imine (C=N–C) groups is 1. The molecule has 1 amide bonds. The van der Waals surface area contributed by atoms with Crippen molar-refractivity contribution in [2.24, 2.45) is 23.5 Å². The molecule has 0 fully saturated rings. The number of carbonyl (C=O) groups excluding carboxylic acids is 1. The molecule has 3 rings (SSSR count). The Morgan fingerprint density at radius 2 is 1.74 bits per heavy atom. The van der Waals surface area contributed by atoms with Gasteiger partial charge in [0, 0.05) is 29.7 Å². The summed E-state index contributed by atoms with van der Waals surface area (Å²) in [4.78, 5) is 15.5. The van der Waals surface area contributed by atoms with Crippen LogP contribution in [0, 0.1) is 0 Å². The third kappa shape index (κ3) is 5.66. The van der Waals surface area contributed by atoms with Gasteiger partial charge in [0.05, 0.1) is 6.26 Å². The lowest BCUT2D eigenvalue weighted by Gasteiger charge is -2.06. The fraction of sp³-hybridized carbons (Fsp3) is 0.111. The molecule has 0 saturated carbocycles. The monoisotopic (exact) mass is 388 g/mol. The molecule has 0 unspecified atom stereocenters. The Hall–Kier alpha value is -3.17. The Bertz CT molecular complexity index is 1110. The van der Waals surface area contributed by atoms with Crippen LogP contribution in [0.25, 0.3) is 22.0 Å². The molecule has 0 spiro atoms. The van der Waals surface area contributed by atoms with Crippen molar-refractivity contribution in [3.8, 4) is 11.1 Å². The molecular weight excluding hydrogens is 368 g/mol. The molecule has 5 N–H and O–H groups in total. The maximum Gasteiger partial charge on any atom is 0.280 e. The molecule has 0 aliphatic heterocycles. The number of amides is 1. The number of guanidine groups is 1. The Balaban J connectivity index is 0.000000465. The maximum absolute atomic E-state index is 12.0. The van der Waals surface area contributed by atoms with Gasteiger partial charge in [-0.25, -0.2) is 0 Å². The predicted molar refractivity (Wildman–Crippen MR) is 106 cm³/mol. The zero-order chi connectivity index (χ0) is 20.2. The molecule has 0 bridgehead atoms. The second-order valence-electron chi connectivity index (χ2n) is 5.82. The Morgan fingerprint density at radius 3 is 2.37 bits per heavy atom. The van der Waals surface area contributed by atoms with Crippen LogP contribution in [0.4, 0.5) is 0 Å². The first-order valence-electron chi connectivity index (χ1n) is 7.77. The van der Waals surface area contributed by atoms with Crippen LogP contribution in [0.5, 0.6) is 0 Å². The average Bonchev–Trinajstić information content (AvgIpc) is 2.94. The van der Waals surface area contributed by atoms with Gasteiger partial charge in [-0.3, -0.25) is 9.35 Å². The Labute approximate surface area is 156 Å². The van der Waals surface area contributed by atoms with Crippen LogP contribution < -0.4 is 11.5 Å². The first-order valence-corrected chi connectivity index (χ1v) is 9.62. The van der Waals surface area contributed by atoms with Crippen LogP contribution in [0.1, 0.15) is 10.4 Å². The summed E-state index contributed by atoms with van der Waals surface area (Å²) in [6.45, 7) is 0. The summed E-state index contributed by atoms with van der Waals surface area (Å²) in [7, 11) is -1.66. The number of hydrogen-bond donors (Lipinski definition) is 3. The van der Waals surface area contributed by atoms with E-state index in [0.29, 0.717) is 11.8 Å². The van der Waals surface area contributed by atoms with Crippen LogP contribution in [0.3, 0.4) is 0 Å². The van der Waals surface area contributed by atoms with Crippen LogP contribution in [0.2, 0.25) is 0 Å². The summed E-state index contributed by atoms with van der Waals surface area (Å²) in [6.07, 6.45) is 2.73. The van der Waals surface area contributed by atoms with E-state index in [0.717, 1.165) is 22.0 Å². The van der Waals surface area contributed by atoms with E-state index in [9.17, 15) is 13.2 Å². The number of fused-ring (bicyclic) bond motifs is 1. The Kier molecular flexibility index (Phi) is 5.98. The number of carbonyl (C=O) groups is 1. The summed E-state index contributed by atoms with van der Waals surface area (Å²) >= 11 is 0. The number of aromatic nitrogens is 1. The van der Waals surface area contributed by atoms with Crippen molar-refractivity contribution < 1.29 is 17.8 Å². The van der Waals surface area contributed by atoms with E-state index in [1.807, 2.05) is 37.5 Å². The minimum Gasteiger partial charge on any atom is -0.370 e. The number of nitrogens with two attached hydrogens (primary N) is 2. The molecule has 0 radical (unpaired) electrons. The fourth-order valence-electron chi connectivity index (χ4n) is 2.56. The van der Waals surface area contributed by atoms with Crippen molar-refractivity contribution in [2.45, 2.75) is 0 Å². The summed E-state index contributed by atoms with van der Waals surface area (Å²) < 4.78 is 27.9. The lowest BCUT2D eigenvalue weighted by atomic mass is 9.99. The zero-order valence-electron chi connectivity index (χ0n) is 14.8. The molecule has 0 atom stereocenters. The highest BCUT2D eigenvalue weighted by Gasteiger charge is 2.09. The molecule has 27 heavy (non-hydrogen) atoms. The van der Waals surface area contributed by atoms with Gasteiger partial charge in [0.1, 0.15) is 0 Å². The fourth-order valence-corrected chi connectivity index (χ4v) is 2.56. The number of benzene rings is 2. The largest absolute Gasteiger partial charge is 0.370 e. The van der Waals surface area contributed by atoms with E-state index in [-0.39, 0.29) is 5.96 Å². The van der Waals surface area contributed by atoms with Gasteiger partial charge in [0.15, 0.2) is 5.96 Å². The van der Waals surface area contributed by atoms with Crippen molar-refractivity contribution in [2.75, 3.05) is 6.26 Å². The molecular formula is C18H20N4O4S. The molecule has 0 aliphatic carbocycles. The number of hydrogen-bond acceptors (Lipinski definition) is 3. The lowest BCUT2D eigenvalue weighted by molar-refractivity contribution is 0.100. The first kappa shape index (κ1) is 20.1. The third-order valence-electron chi connectivity index (χ3n) is 3.58. The highest BCUT2D eigenvalue weighted by atomic mass is 32.2. The van der Waals surface area contributed by atoms with Crippen LogP contribution in [-0.4, -0.2) is 35.7 Å². The van der Waals surface area contributed by atoms with E-state index in [1.54, 1.807) is 12.1 Å². The molecule has 9 heteroatoms. The van der Waals surface area contributed by atoms with Gasteiger partial charge in [-0.05, 0) is 35.4 Å². The second-order valence-corrected chi connectivity index (χ2v) is 7.29. The zero-order valence-corrected chi connectivity index (χ0v) is 15.6. The average molecular weight is 388 g/mol. The lowest BCUT2D eigenvalue weighted by Crippen LogP contribution is -2.24. The van der Waals surface area contributed by atoms with Gasteiger partial charge in [-0.15, -0.1) is 0 Å². The molecule has 0 aliphatic rings. The van der Waals surface area contributed by atoms with E-state index < -0.39 is 16.0 Å². The SMILES string of the molecule is CS(=O)(=O)O.Cn1ccc2c(-c3cccc(C(=O)N=C(N)N)c3)cccc21. The van der Waals surface area contributed by atoms with Crippen LogP contribution in [-0.2, 0) is 17.2 Å². The van der Waals surface area contributed by atoms with Crippen molar-refractivity contribution in [3.05, 3.63) is 60.3 Å². The van der Waals surface area contributed by atoms with Gasteiger partial charge in [0.2, 0.25) is 0 Å².